The smallest absolute Gasteiger partial charge is 1.00 e. The van der Waals surface area contributed by atoms with Crippen LogP contribution < -0.4 is 29.6 Å². The van der Waals surface area contributed by atoms with E-state index in [9.17, 15) is 13.5 Å². The fraction of sp³-hybridized carbons (Fsp3) is 1.00. The van der Waals surface area contributed by atoms with Crippen LogP contribution in [0.1, 0.15) is 79.0 Å². The molecule has 0 fully saturated rings. The van der Waals surface area contributed by atoms with E-state index in [1.807, 2.05) is 0 Å². The molecule has 0 aromatic carbocycles. The van der Waals surface area contributed by atoms with Gasteiger partial charge in [-0.1, -0.05) is 58.3 Å². The Hall–Kier alpha value is 0.870. The SMILES string of the molecule is CCCCCCCCCCC(O)CCCS(=O)(=O)O.[H-].[Na+]. The quantitative estimate of drug-likeness (QED) is 0.297. The minimum absolute atomic E-state index is 0. The molecule has 0 aliphatic rings. The van der Waals surface area contributed by atoms with Gasteiger partial charge >= 0.3 is 29.6 Å². The van der Waals surface area contributed by atoms with Crippen molar-refractivity contribution in [1.29, 1.82) is 0 Å². The van der Waals surface area contributed by atoms with Crippen molar-refractivity contribution < 1.29 is 49.1 Å². The molecule has 1 unspecified atom stereocenters. The van der Waals surface area contributed by atoms with Gasteiger partial charge in [0.25, 0.3) is 10.1 Å². The van der Waals surface area contributed by atoms with E-state index >= 15 is 0 Å². The second-order valence-electron chi connectivity index (χ2n) is 5.35. The number of unbranched alkanes of at least 4 members (excludes halogenated alkanes) is 7. The summed E-state index contributed by atoms with van der Waals surface area (Å²) in [6, 6.07) is 0. The minimum atomic E-state index is -3.87. The van der Waals surface area contributed by atoms with E-state index in [4.69, 9.17) is 4.55 Å². The maximum absolute atomic E-state index is 10.5. The first kappa shape index (κ1) is 23.1. The average molecular weight is 318 g/mol. The van der Waals surface area contributed by atoms with Crippen LogP contribution in [0.4, 0.5) is 0 Å². The molecule has 4 nitrogen and oxygen atoms in total. The molecule has 0 saturated carbocycles. The molecule has 0 aliphatic heterocycles. The topological polar surface area (TPSA) is 74.6 Å². The zero-order valence-corrected chi connectivity index (χ0v) is 16.0. The minimum Gasteiger partial charge on any atom is -1.00 e. The molecule has 0 spiro atoms. The molecule has 0 bridgehead atoms. The molecule has 0 heterocycles. The Morgan fingerprint density at radius 2 is 1.35 bits per heavy atom. The van der Waals surface area contributed by atoms with E-state index in [-0.39, 0.29) is 36.7 Å². The van der Waals surface area contributed by atoms with Crippen LogP contribution in [0, 0.1) is 0 Å². The molecule has 1 atom stereocenters. The number of aliphatic hydroxyl groups is 1. The Kier molecular flexibility index (Phi) is 17.1. The van der Waals surface area contributed by atoms with Crippen molar-refractivity contribution in [2.75, 3.05) is 5.75 Å². The van der Waals surface area contributed by atoms with Crippen molar-refractivity contribution >= 4 is 10.1 Å². The van der Waals surface area contributed by atoms with Gasteiger partial charge in [-0.3, -0.25) is 4.55 Å². The molecule has 0 amide bonds. The molecule has 0 saturated heterocycles. The first-order valence-electron chi connectivity index (χ1n) is 7.59. The Bertz CT molecular complexity index is 299. The van der Waals surface area contributed by atoms with Gasteiger partial charge in [0.15, 0.2) is 0 Å². The van der Waals surface area contributed by atoms with Crippen LogP contribution in [-0.4, -0.2) is 29.9 Å². The molecule has 0 radical (unpaired) electrons. The number of hydrogen-bond donors (Lipinski definition) is 2. The molecule has 0 rings (SSSR count). The summed E-state index contributed by atoms with van der Waals surface area (Å²) < 4.78 is 29.5. The normalized spacial score (nSPS) is 12.9. The fourth-order valence-electron chi connectivity index (χ4n) is 2.16. The monoisotopic (exact) mass is 318 g/mol. The fourth-order valence-corrected chi connectivity index (χ4v) is 2.69. The summed E-state index contributed by atoms with van der Waals surface area (Å²) in [4.78, 5) is 0. The molecule has 118 valence electrons. The summed E-state index contributed by atoms with van der Waals surface area (Å²) in [5.74, 6) is -0.249. The van der Waals surface area contributed by atoms with E-state index in [2.05, 4.69) is 6.92 Å². The number of rotatable bonds is 13. The third kappa shape index (κ3) is 18.9. The molecule has 6 heteroatoms. The van der Waals surface area contributed by atoms with Crippen LogP contribution in [0.2, 0.25) is 0 Å². The molecule has 0 aliphatic carbocycles. The molecule has 0 aromatic heterocycles. The van der Waals surface area contributed by atoms with Gasteiger partial charge in [0.1, 0.15) is 0 Å². The molecule has 20 heavy (non-hydrogen) atoms. The Morgan fingerprint density at radius 1 is 0.900 bits per heavy atom. The molecular weight excluding hydrogens is 287 g/mol. The van der Waals surface area contributed by atoms with Gasteiger partial charge in [0.2, 0.25) is 0 Å². The van der Waals surface area contributed by atoms with Gasteiger partial charge < -0.3 is 6.53 Å². The first-order valence-corrected chi connectivity index (χ1v) is 9.20. The third-order valence-electron chi connectivity index (χ3n) is 3.33. The van der Waals surface area contributed by atoms with Crippen molar-refractivity contribution in [3.8, 4) is 0 Å². The van der Waals surface area contributed by atoms with Crippen molar-refractivity contribution in [3.63, 3.8) is 0 Å². The van der Waals surface area contributed by atoms with E-state index < -0.39 is 16.2 Å². The second kappa shape index (κ2) is 14.8. The Labute approximate surface area is 148 Å². The first-order chi connectivity index (χ1) is 8.95. The van der Waals surface area contributed by atoms with Crippen LogP contribution in [0.25, 0.3) is 0 Å². The largest absolute Gasteiger partial charge is 1.00 e. The van der Waals surface area contributed by atoms with E-state index in [0.29, 0.717) is 12.8 Å². The van der Waals surface area contributed by atoms with Gasteiger partial charge in [-0.25, -0.2) is 0 Å². The van der Waals surface area contributed by atoms with Crippen molar-refractivity contribution in [1.82, 2.24) is 0 Å². The van der Waals surface area contributed by atoms with E-state index in [1.54, 1.807) is 0 Å². The summed E-state index contributed by atoms with van der Waals surface area (Å²) >= 11 is 0. The van der Waals surface area contributed by atoms with Gasteiger partial charge in [-0.05, 0) is 19.3 Å². The molecular formula is C14H31NaO4S. The van der Waals surface area contributed by atoms with E-state index in [0.717, 1.165) is 19.3 Å². The molecule has 0 aromatic rings. The van der Waals surface area contributed by atoms with Crippen LogP contribution in [-0.2, 0) is 10.1 Å². The van der Waals surface area contributed by atoms with Crippen LogP contribution >= 0.6 is 0 Å². The Morgan fingerprint density at radius 3 is 1.85 bits per heavy atom. The van der Waals surface area contributed by atoms with Crippen molar-refractivity contribution in [2.24, 2.45) is 0 Å². The van der Waals surface area contributed by atoms with Gasteiger partial charge in [-0.15, -0.1) is 0 Å². The van der Waals surface area contributed by atoms with Gasteiger partial charge in [0.05, 0.1) is 11.9 Å². The summed E-state index contributed by atoms with van der Waals surface area (Å²) in [5, 5.41) is 9.64. The predicted molar refractivity (Wildman–Crippen MR) is 80.0 cm³/mol. The summed E-state index contributed by atoms with van der Waals surface area (Å²) in [7, 11) is -3.87. The van der Waals surface area contributed by atoms with E-state index in [1.165, 1.54) is 38.5 Å². The summed E-state index contributed by atoms with van der Waals surface area (Å²) in [6.45, 7) is 2.21. The molecule has 2 N–H and O–H groups in total. The standard InChI is InChI=1S/C14H30O4S.Na.H/c1-2-3-4-5-6-7-8-9-11-14(15)12-10-13-19(16,17)18;;/h14-15H,2-13H2,1H3,(H,16,17,18);;/q;+1;-1. The van der Waals surface area contributed by atoms with Crippen LogP contribution in [0.5, 0.6) is 0 Å². The van der Waals surface area contributed by atoms with Crippen molar-refractivity contribution in [2.45, 2.75) is 83.7 Å². The van der Waals surface area contributed by atoms with Gasteiger partial charge in [0, 0.05) is 0 Å². The zero-order chi connectivity index (χ0) is 14.6. The van der Waals surface area contributed by atoms with Crippen molar-refractivity contribution in [3.05, 3.63) is 0 Å². The predicted octanol–water partition coefficient (Wildman–Crippen LogP) is 0.663. The second-order valence-corrected chi connectivity index (χ2v) is 6.92. The third-order valence-corrected chi connectivity index (χ3v) is 4.14. The number of hydrogen-bond acceptors (Lipinski definition) is 3. The number of aliphatic hydroxyl groups excluding tert-OH is 1. The maximum Gasteiger partial charge on any atom is 1.00 e. The van der Waals surface area contributed by atoms with Gasteiger partial charge in [-0.2, -0.15) is 8.42 Å². The maximum atomic E-state index is 10.5. The summed E-state index contributed by atoms with van der Waals surface area (Å²) in [6.07, 6.45) is 11.0. The van der Waals surface area contributed by atoms with Crippen LogP contribution in [0.15, 0.2) is 0 Å². The average Bonchev–Trinajstić information content (AvgIpc) is 2.31. The Balaban J connectivity index is -0.00000162. The summed E-state index contributed by atoms with van der Waals surface area (Å²) in [5.41, 5.74) is 0. The zero-order valence-electron chi connectivity index (χ0n) is 14.2. The van der Waals surface area contributed by atoms with Crippen LogP contribution in [0.3, 0.4) is 0 Å².